The largest absolute Gasteiger partial charge is 0.368 e. The molecular formula is C20H20N8. The highest BCUT2D eigenvalue weighted by molar-refractivity contribution is 5.60. The Morgan fingerprint density at radius 3 is 2.54 bits per heavy atom. The van der Waals surface area contributed by atoms with Crippen molar-refractivity contribution in [3.8, 4) is 5.82 Å². The van der Waals surface area contributed by atoms with Crippen molar-refractivity contribution in [1.29, 1.82) is 0 Å². The average molecular weight is 372 g/mol. The molecule has 0 atom stereocenters. The zero-order valence-corrected chi connectivity index (χ0v) is 15.6. The van der Waals surface area contributed by atoms with Crippen LogP contribution in [0.2, 0.25) is 0 Å². The standard InChI is InChI=1S/C20H20N8/c1-13-8-9-16(14(2)10-13)25-20-26-19(21)28(27-20)18-11-17(22-12-23-18)24-15-6-4-3-5-7-15/h3-12H,1-2H3,(H,22,23,24)(H3,21,25,26,27). The van der Waals surface area contributed by atoms with Gasteiger partial charge in [0.15, 0.2) is 5.82 Å². The van der Waals surface area contributed by atoms with E-state index < -0.39 is 0 Å². The zero-order valence-electron chi connectivity index (χ0n) is 15.6. The minimum absolute atomic E-state index is 0.233. The van der Waals surface area contributed by atoms with E-state index in [1.165, 1.54) is 16.6 Å². The first-order valence-electron chi connectivity index (χ1n) is 8.80. The molecule has 2 heterocycles. The molecule has 0 amide bonds. The average Bonchev–Trinajstić information content (AvgIpc) is 3.05. The Labute approximate surface area is 162 Å². The predicted molar refractivity (Wildman–Crippen MR) is 110 cm³/mol. The molecule has 0 aliphatic heterocycles. The third-order valence-corrected chi connectivity index (χ3v) is 4.18. The number of nitrogens with two attached hydrogens (primary N) is 1. The van der Waals surface area contributed by atoms with Gasteiger partial charge in [-0.1, -0.05) is 35.9 Å². The van der Waals surface area contributed by atoms with Gasteiger partial charge in [-0.3, -0.25) is 0 Å². The second kappa shape index (κ2) is 7.36. The molecular weight excluding hydrogens is 352 g/mol. The third-order valence-electron chi connectivity index (χ3n) is 4.18. The minimum atomic E-state index is 0.233. The predicted octanol–water partition coefficient (Wildman–Crippen LogP) is 3.74. The maximum absolute atomic E-state index is 6.06. The third kappa shape index (κ3) is 3.75. The van der Waals surface area contributed by atoms with Crippen molar-refractivity contribution < 1.29 is 0 Å². The number of nitrogens with one attached hydrogen (secondary N) is 2. The maximum atomic E-state index is 6.06. The first-order valence-corrected chi connectivity index (χ1v) is 8.80. The lowest BCUT2D eigenvalue weighted by Gasteiger charge is -2.07. The van der Waals surface area contributed by atoms with Gasteiger partial charge in [0.25, 0.3) is 0 Å². The summed E-state index contributed by atoms with van der Waals surface area (Å²) in [5.41, 5.74) is 10.2. The van der Waals surface area contributed by atoms with Gasteiger partial charge in [-0.05, 0) is 37.6 Å². The molecule has 0 saturated carbocycles. The summed E-state index contributed by atoms with van der Waals surface area (Å²) < 4.78 is 1.48. The van der Waals surface area contributed by atoms with Crippen LogP contribution in [0.4, 0.5) is 29.1 Å². The lowest BCUT2D eigenvalue weighted by Crippen LogP contribution is -2.06. The second-order valence-corrected chi connectivity index (χ2v) is 6.40. The van der Waals surface area contributed by atoms with Gasteiger partial charge in [0, 0.05) is 17.4 Å². The lowest BCUT2D eigenvalue weighted by molar-refractivity contribution is 0.852. The van der Waals surface area contributed by atoms with Crippen LogP contribution in [0.25, 0.3) is 5.82 Å². The Kier molecular flexibility index (Phi) is 4.59. The van der Waals surface area contributed by atoms with Crippen molar-refractivity contribution in [3.05, 3.63) is 72.1 Å². The Hall–Kier alpha value is -3.94. The molecule has 4 aromatic rings. The van der Waals surface area contributed by atoms with Crippen molar-refractivity contribution in [1.82, 2.24) is 24.7 Å². The molecule has 0 unspecified atom stereocenters. The SMILES string of the molecule is Cc1ccc(Nc2nc(N)n(-c3cc(Nc4ccccc4)ncn3)n2)c(C)c1. The molecule has 140 valence electrons. The van der Waals surface area contributed by atoms with Gasteiger partial charge in [0.05, 0.1) is 0 Å². The number of hydrogen-bond acceptors (Lipinski definition) is 7. The van der Waals surface area contributed by atoms with Gasteiger partial charge < -0.3 is 16.4 Å². The molecule has 2 aromatic carbocycles. The van der Waals surface area contributed by atoms with E-state index in [1.54, 1.807) is 6.07 Å². The molecule has 8 heteroatoms. The highest BCUT2D eigenvalue weighted by Crippen LogP contribution is 2.22. The summed E-state index contributed by atoms with van der Waals surface area (Å²) in [4.78, 5) is 12.8. The second-order valence-electron chi connectivity index (χ2n) is 6.40. The van der Waals surface area contributed by atoms with Gasteiger partial charge >= 0.3 is 0 Å². The van der Waals surface area contributed by atoms with E-state index in [-0.39, 0.29) is 5.95 Å². The van der Waals surface area contributed by atoms with Gasteiger partial charge in [0.1, 0.15) is 12.1 Å². The van der Waals surface area contributed by atoms with Crippen molar-refractivity contribution in [2.45, 2.75) is 13.8 Å². The molecule has 4 rings (SSSR count). The summed E-state index contributed by atoms with van der Waals surface area (Å²) in [5.74, 6) is 1.79. The molecule has 0 fully saturated rings. The van der Waals surface area contributed by atoms with Gasteiger partial charge in [-0.25, -0.2) is 9.97 Å². The number of para-hydroxylation sites is 1. The molecule has 28 heavy (non-hydrogen) atoms. The van der Waals surface area contributed by atoms with Crippen LogP contribution in [0.5, 0.6) is 0 Å². The van der Waals surface area contributed by atoms with Crippen LogP contribution in [-0.2, 0) is 0 Å². The normalized spacial score (nSPS) is 10.6. The van der Waals surface area contributed by atoms with E-state index in [0.29, 0.717) is 17.6 Å². The molecule has 2 aromatic heterocycles. The Morgan fingerprint density at radius 1 is 0.929 bits per heavy atom. The van der Waals surface area contributed by atoms with Crippen molar-refractivity contribution in [3.63, 3.8) is 0 Å². The minimum Gasteiger partial charge on any atom is -0.368 e. The highest BCUT2D eigenvalue weighted by atomic mass is 15.4. The van der Waals surface area contributed by atoms with Crippen molar-refractivity contribution in [2.75, 3.05) is 16.4 Å². The summed E-state index contributed by atoms with van der Waals surface area (Å²) in [7, 11) is 0. The van der Waals surface area contributed by atoms with Crippen LogP contribution in [-0.4, -0.2) is 24.7 Å². The number of rotatable bonds is 5. The molecule has 0 bridgehead atoms. The Bertz CT molecular complexity index is 1100. The topological polar surface area (TPSA) is 107 Å². The highest BCUT2D eigenvalue weighted by Gasteiger charge is 2.12. The number of hydrogen-bond donors (Lipinski definition) is 3. The van der Waals surface area contributed by atoms with Crippen LogP contribution >= 0.6 is 0 Å². The Morgan fingerprint density at radius 2 is 1.75 bits per heavy atom. The van der Waals surface area contributed by atoms with Crippen LogP contribution < -0.4 is 16.4 Å². The van der Waals surface area contributed by atoms with Crippen LogP contribution in [0.1, 0.15) is 11.1 Å². The summed E-state index contributed by atoms with van der Waals surface area (Å²) in [6.07, 6.45) is 1.46. The summed E-state index contributed by atoms with van der Waals surface area (Å²) in [5, 5.41) is 10.9. The molecule has 8 nitrogen and oxygen atoms in total. The van der Waals surface area contributed by atoms with Crippen LogP contribution in [0.15, 0.2) is 60.9 Å². The van der Waals surface area contributed by atoms with Gasteiger partial charge in [-0.2, -0.15) is 9.67 Å². The van der Waals surface area contributed by atoms with E-state index in [0.717, 1.165) is 16.9 Å². The van der Waals surface area contributed by atoms with Crippen molar-refractivity contribution in [2.24, 2.45) is 0 Å². The van der Waals surface area contributed by atoms with E-state index >= 15 is 0 Å². The summed E-state index contributed by atoms with van der Waals surface area (Å²) in [6.45, 7) is 4.08. The monoisotopic (exact) mass is 372 g/mol. The van der Waals surface area contributed by atoms with E-state index in [2.05, 4.69) is 43.7 Å². The Balaban J connectivity index is 1.59. The fraction of sp³-hybridized carbons (Fsp3) is 0.100. The molecule has 4 N–H and O–H groups in total. The zero-order chi connectivity index (χ0) is 19.5. The molecule has 0 radical (unpaired) electrons. The number of nitrogen functional groups attached to an aromatic ring is 1. The summed E-state index contributed by atoms with van der Waals surface area (Å²) >= 11 is 0. The number of anilines is 5. The molecule has 0 aliphatic carbocycles. The maximum Gasteiger partial charge on any atom is 0.248 e. The first-order chi connectivity index (χ1) is 13.6. The first kappa shape index (κ1) is 17.5. The molecule has 0 aliphatic rings. The summed E-state index contributed by atoms with van der Waals surface area (Å²) in [6, 6.07) is 17.6. The lowest BCUT2D eigenvalue weighted by atomic mass is 10.1. The fourth-order valence-electron chi connectivity index (χ4n) is 2.82. The fourth-order valence-corrected chi connectivity index (χ4v) is 2.82. The number of nitrogens with zero attached hydrogens (tertiary/aromatic N) is 5. The number of benzene rings is 2. The molecule has 0 saturated heterocycles. The van der Waals surface area contributed by atoms with Gasteiger partial charge in [0.2, 0.25) is 11.9 Å². The van der Waals surface area contributed by atoms with Crippen LogP contribution in [0.3, 0.4) is 0 Å². The van der Waals surface area contributed by atoms with Crippen LogP contribution in [0, 0.1) is 13.8 Å². The molecule has 0 spiro atoms. The number of aromatic nitrogens is 5. The number of aryl methyl sites for hydroxylation is 2. The smallest absolute Gasteiger partial charge is 0.248 e. The van der Waals surface area contributed by atoms with E-state index in [1.807, 2.05) is 49.4 Å². The quantitative estimate of drug-likeness (QED) is 0.490. The van der Waals surface area contributed by atoms with E-state index in [4.69, 9.17) is 5.73 Å². The van der Waals surface area contributed by atoms with E-state index in [9.17, 15) is 0 Å². The van der Waals surface area contributed by atoms with Gasteiger partial charge in [-0.15, -0.1) is 5.10 Å². The van der Waals surface area contributed by atoms with Crippen molar-refractivity contribution >= 4 is 29.1 Å².